The van der Waals surface area contributed by atoms with E-state index in [2.05, 4.69) is 19.9 Å². The standard InChI is InChI=1S/C16H20F3N5O2S/c1-15-7-23(14-12-2-4-20-13(12)21-10-22-14)5-3-11(15)6-24(8-15)27(25,26)9-16(17,18)19/h2,4,10-11H,3,5-9H2,1H3,(H,20,21,22)/p+1/t11-,15+/m1/s1. The molecule has 0 aliphatic carbocycles. The highest BCUT2D eigenvalue weighted by Gasteiger charge is 2.54. The van der Waals surface area contributed by atoms with Crippen LogP contribution in [0.15, 0.2) is 18.6 Å². The molecule has 2 fully saturated rings. The highest BCUT2D eigenvalue weighted by molar-refractivity contribution is 7.85. The molecule has 0 bridgehead atoms. The van der Waals surface area contributed by atoms with Gasteiger partial charge in [0.25, 0.3) is 0 Å². The molecule has 2 aliphatic heterocycles. The Kier molecular flexibility index (Phi) is 4.15. The number of hydrogen-bond acceptors (Lipinski definition) is 5. The largest absolute Gasteiger partial charge is 0.408 e. The van der Waals surface area contributed by atoms with Crippen molar-refractivity contribution in [3.05, 3.63) is 18.6 Å². The lowest BCUT2D eigenvalue weighted by Crippen LogP contribution is -3.13. The number of nitrogens with zero attached hydrogens (tertiary/aromatic N) is 3. The van der Waals surface area contributed by atoms with Crippen LogP contribution in [-0.2, 0) is 10.0 Å². The molecule has 0 aromatic carbocycles. The van der Waals surface area contributed by atoms with Crippen LogP contribution < -0.4 is 9.21 Å². The first-order valence-corrected chi connectivity index (χ1v) is 10.4. The molecule has 4 heterocycles. The molecule has 0 spiro atoms. The average molecular weight is 404 g/mol. The summed E-state index contributed by atoms with van der Waals surface area (Å²) < 4.78 is 62.5. The van der Waals surface area contributed by atoms with Gasteiger partial charge in [0.1, 0.15) is 17.8 Å². The van der Waals surface area contributed by atoms with Gasteiger partial charge in [0.05, 0.1) is 18.5 Å². The van der Waals surface area contributed by atoms with E-state index < -0.39 is 22.0 Å². The van der Waals surface area contributed by atoms with Gasteiger partial charge >= 0.3 is 16.2 Å². The van der Waals surface area contributed by atoms with E-state index >= 15 is 0 Å². The van der Waals surface area contributed by atoms with Gasteiger partial charge in [0.2, 0.25) is 0 Å². The molecule has 3 atom stereocenters. The van der Waals surface area contributed by atoms with Gasteiger partial charge in [0, 0.05) is 30.6 Å². The zero-order valence-corrected chi connectivity index (χ0v) is 15.6. The third-order valence-corrected chi connectivity index (χ3v) is 7.68. The second-order valence-corrected chi connectivity index (χ2v) is 9.89. The summed E-state index contributed by atoms with van der Waals surface area (Å²) >= 11 is 0. The van der Waals surface area contributed by atoms with Gasteiger partial charge < -0.3 is 9.88 Å². The Labute approximate surface area is 154 Å². The number of nitrogens with one attached hydrogen (secondary N) is 2. The number of anilines is 1. The van der Waals surface area contributed by atoms with Crippen LogP contribution in [0, 0.1) is 11.3 Å². The van der Waals surface area contributed by atoms with Crippen LogP contribution >= 0.6 is 0 Å². The number of piperidine rings is 1. The number of alkyl halides is 3. The lowest BCUT2D eigenvalue weighted by atomic mass is 9.75. The summed E-state index contributed by atoms with van der Waals surface area (Å²) in [4.78, 5) is 13.7. The minimum Gasteiger partial charge on any atom is -0.355 e. The predicted octanol–water partition coefficient (Wildman–Crippen LogP) is 0.581. The van der Waals surface area contributed by atoms with Gasteiger partial charge in [-0.15, -0.1) is 0 Å². The SMILES string of the molecule is C[C@@]12CN(c3ncnc4[nH]ccc34)CC[C@@H]1C[NH+](S(=O)(=O)CC(F)(F)F)C2. The van der Waals surface area contributed by atoms with Crippen molar-refractivity contribution in [1.82, 2.24) is 15.0 Å². The Hall–Kier alpha value is -1.88. The second-order valence-electron chi connectivity index (χ2n) is 7.79. The van der Waals surface area contributed by atoms with E-state index in [0.29, 0.717) is 13.1 Å². The van der Waals surface area contributed by atoms with Crippen molar-refractivity contribution in [1.29, 1.82) is 0 Å². The van der Waals surface area contributed by atoms with E-state index in [1.54, 1.807) is 6.20 Å². The maximum Gasteiger partial charge on any atom is 0.408 e. The second kappa shape index (κ2) is 6.06. The van der Waals surface area contributed by atoms with Crippen LogP contribution in [0.1, 0.15) is 13.3 Å². The van der Waals surface area contributed by atoms with Gasteiger partial charge in [0.15, 0.2) is 5.75 Å². The van der Waals surface area contributed by atoms with Crippen molar-refractivity contribution in [3.63, 3.8) is 0 Å². The zero-order valence-electron chi connectivity index (χ0n) is 14.8. The molecule has 27 heavy (non-hydrogen) atoms. The number of halogens is 3. The van der Waals surface area contributed by atoms with Crippen LogP contribution in [-0.4, -0.2) is 61.5 Å². The maximum absolute atomic E-state index is 12.7. The molecule has 0 radical (unpaired) electrons. The minimum absolute atomic E-state index is 0.0450. The molecule has 148 valence electrons. The highest BCUT2D eigenvalue weighted by Crippen LogP contribution is 2.39. The zero-order chi connectivity index (χ0) is 19.4. The van der Waals surface area contributed by atoms with E-state index in [4.69, 9.17) is 0 Å². The number of aromatic nitrogens is 3. The summed E-state index contributed by atoms with van der Waals surface area (Å²) in [5.41, 5.74) is 0.332. The van der Waals surface area contributed by atoms with Crippen molar-refractivity contribution in [2.75, 3.05) is 36.8 Å². The molecular weight excluding hydrogens is 383 g/mol. The van der Waals surface area contributed by atoms with Crippen molar-refractivity contribution in [2.45, 2.75) is 19.5 Å². The van der Waals surface area contributed by atoms with Gasteiger partial charge in [-0.3, -0.25) is 0 Å². The van der Waals surface area contributed by atoms with E-state index in [-0.39, 0.29) is 28.7 Å². The number of hydrogen-bond donors (Lipinski definition) is 2. The van der Waals surface area contributed by atoms with Crippen LogP contribution in [0.2, 0.25) is 0 Å². The van der Waals surface area contributed by atoms with E-state index in [1.807, 2.05) is 13.0 Å². The minimum atomic E-state index is -4.71. The van der Waals surface area contributed by atoms with Gasteiger partial charge in [-0.25, -0.2) is 14.3 Å². The molecular formula is C16H21F3N5O2S+. The van der Waals surface area contributed by atoms with Gasteiger partial charge in [-0.1, -0.05) is 6.92 Å². The molecule has 7 nitrogen and oxygen atoms in total. The first-order valence-electron chi connectivity index (χ1n) is 8.75. The Morgan fingerprint density at radius 3 is 2.93 bits per heavy atom. The normalized spacial score (nSPS) is 29.3. The third-order valence-electron chi connectivity index (χ3n) is 5.79. The number of sulfonamides is 1. The number of fused-ring (bicyclic) bond motifs is 2. The van der Waals surface area contributed by atoms with Gasteiger partial charge in [-0.2, -0.15) is 21.6 Å². The third kappa shape index (κ3) is 3.38. The smallest absolute Gasteiger partial charge is 0.355 e. The van der Waals surface area contributed by atoms with Crippen molar-refractivity contribution < 1.29 is 25.9 Å². The number of H-pyrrole nitrogens is 1. The average Bonchev–Trinajstić information content (AvgIpc) is 3.15. The van der Waals surface area contributed by atoms with Crippen molar-refractivity contribution >= 4 is 26.9 Å². The Balaban J connectivity index is 1.57. The van der Waals surface area contributed by atoms with E-state index in [0.717, 1.165) is 23.3 Å². The van der Waals surface area contributed by atoms with Crippen molar-refractivity contribution in [3.8, 4) is 0 Å². The Bertz CT molecular complexity index is 960. The Morgan fingerprint density at radius 2 is 2.19 bits per heavy atom. The Morgan fingerprint density at radius 1 is 1.41 bits per heavy atom. The topological polar surface area (TPSA) is 83.4 Å². The molecule has 2 aromatic heterocycles. The summed E-state index contributed by atoms with van der Waals surface area (Å²) in [6.07, 6.45) is -0.740. The number of rotatable bonds is 3. The first-order chi connectivity index (χ1) is 12.6. The molecule has 2 saturated heterocycles. The molecule has 0 amide bonds. The lowest BCUT2D eigenvalue weighted by molar-refractivity contribution is -0.757. The predicted molar refractivity (Wildman–Crippen MR) is 92.9 cm³/mol. The van der Waals surface area contributed by atoms with E-state index in [9.17, 15) is 21.6 Å². The van der Waals surface area contributed by atoms with Crippen LogP contribution in [0.5, 0.6) is 0 Å². The molecule has 11 heteroatoms. The molecule has 0 saturated carbocycles. The van der Waals surface area contributed by atoms with Crippen LogP contribution in [0.3, 0.4) is 0 Å². The van der Waals surface area contributed by atoms with Crippen LogP contribution in [0.4, 0.5) is 19.0 Å². The molecule has 1 unspecified atom stereocenters. The fraction of sp³-hybridized carbons (Fsp3) is 0.625. The molecule has 4 rings (SSSR count). The highest BCUT2D eigenvalue weighted by atomic mass is 32.2. The molecule has 2 aliphatic rings. The maximum atomic E-state index is 12.7. The monoisotopic (exact) mass is 404 g/mol. The summed E-state index contributed by atoms with van der Waals surface area (Å²) in [7, 11) is -4.28. The van der Waals surface area contributed by atoms with Crippen LogP contribution in [0.25, 0.3) is 11.0 Å². The first kappa shape index (κ1) is 18.5. The van der Waals surface area contributed by atoms with Crippen molar-refractivity contribution in [2.24, 2.45) is 11.3 Å². The summed E-state index contributed by atoms with van der Waals surface area (Å²) in [6, 6.07) is 1.89. The molecule has 2 N–H and O–H groups in total. The summed E-state index contributed by atoms with van der Waals surface area (Å²) in [5, 5.41) is 0.881. The van der Waals surface area contributed by atoms with Gasteiger partial charge in [-0.05, 0) is 12.5 Å². The summed E-state index contributed by atoms with van der Waals surface area (Å²) in [6.45, 7) is 3.61. The lowest BCUT2D eigenvalue weighted by Gasteiger charge is -2.40. The van der Waals surface area contributed by atoms with E-state index in [1.165, 1.54) is 6.33 Å². The quantitative estimate of drug-likeness (QED) is 0.782. The number of aromatic amines is 1. The number of quaternary nitrogens is 1. The fourth-order valence-electron chi connectivity index (χ4n) is 4.50. The summed E-state index contributed by atoms with van der Waals surface area (Å²) in [5.74, 6) is -0.930. The fourth-order valence-corrected chi connectivity index (χ4v) is 6.14. The molecule has 2 aromatic rings.